The van der Waals surface area contributed by atoms with Crippen LogP contribution in [0.5, 0.6) is 0 Å². The largest absolute Gasteiger partial charge is 0.307 e. The first kappa shape index (κ1) is 13.7. The number of piperazine rings is 1. The van der Waals surface area contributed by atoms with E-state index in [2.05, 4.69) is 57.8 Å². The Kier molecular flexibility index (Phi) is 4.45. The Morgan fingerprint density at radius 1 is 1.35 bits per heavy atom. The van der Waals surface area contributed by atoms with E-state index in [0.717, 1.165) is 19.6 Å². The topological polar surface area (TPSA) is 28.2 Å². The number of rotatable bonds is 4. The molecular formula is C16H21N3S. The number of nitrogens with one attached hydrogen (secondary N) is 1. The molecule has 0 aliphatic carbocycles. The van der Waals surface area contributed by atoms with Crippen LogP contribution in [0.25, 0.3) is 0 Å². The number of benzene rings is 1. The third kappa shape index (κ3) is 3.08. The molecule has 0 saturated carbocycles. The molecule has 2 atom stereocenters. The fraction of sp³-hybridized carbons (Fsp3) is 0.438. The van der Waals surface area contributed by atoms with Gasteiger partial charge in [-0.15, -0.1) is 11.3 Å². The number of hydrogen-bond acceptors (Lipinski definition) is 4. The van der Waals surface area contributed by atoms with Crippen LogP contribution in [0, 0.1) is 0 Å². The van der Waals surface area contributed by atoms with Crippen molar-refractivity contribution < 1.29 is 0 Å². The lowest BCUT2D eigenvalue weighted by Gasteiger charge is -2.40. The van der Waals surface area contributed by atoms with E-state index in [0.29, 0.717) is 12.1 Å². The molecule has 106 valence electrons. The van der Waals surface area contributed by atoms with Crippen molar-refractivity contribution in [3.05, 3.63) is 52.5 Å². The molecule has 1 aromatic heterocycles. The first-order valence-corrected chi connectivity index (χ1v) is 8.20. The molecule has 4 heteroatoms. The Hall–Kier alpha value is -1.23. The van der Waals surface area contributed by atoms with Crippen LogP contribution in [0.15, 0.2) is 41.2 Å². The Morgan fingerprint density at radius 2 is 2.20 bits per heavy atom. The van der Waals surface area contributed by atoms with Gasteiger partial charge >= 0.3 is 0 Å². The van der Waals surface area contributed by atoms with E-state index in [1.807, 2.05) is 5.51 Å². The molecule has 20 heavy (non-hydrogen) atoms. The molecule has 1 N–H and O–H groups in total. The van der Waals surface area contributed by atoms with E-state index >= 15 is 0 Å². The van der Waals surface area contributed by atoms with Gasteiger partial charge in [0.25, 0.3) is 0 Å². The average Bonchev–Trinajstić information content (AvgIpc) is 3.01. The van der Waals surface area contributed by atoms with Crippen LogP contribution in [0.1, 0.15) is 30.6 Å². The molecular weight excluding hydrogens is 266 g/mol. The van der Waals surface area contributed by atoms with E-state index < -0.39 is 0 Å². The second-order valence-electron chi connectivity index (χ2n) is 5.34. The third-order valence-corrected chi connectivity index (χ3v) is 4.69. The summed E-state index contributed by atoms with van der Waals surface area (Å²) in [7, 11) is 0. The van der Waals surface area contributed by atoms with Crippen molar-refractivity contribution in [2.45, 2.75) is 32.0 Å². The van der Waals surface area contributed by atoms with Gasteiger partial charge in [-0.2, -0.15) is 0 Å². The third-order valence-electron chi connectivity index (χ3n) is 4.06. The van der Waals surface area contributed by atoms with Crippen LogP contribution in [-0.4, -0.2) is 29.0 Å². The summed E-state index contributed by atoms with van der Waals surface area (Å²) in [6.07, 6.45) is 1.18. The van der Waals surface area contributed by atoms with Gasteiger partial charge in [-0.3, -0.25) is 4.90 Å². The van der Waals surface area contributed by atoms with Gasteiger partial charge in [0.05, 0.1) is 11.2 Å². The van der Waals surface area contributed by atoms with Crippen molar-refractivity contribution in [1.29, 1.82) is 0 Å². The van der Waals surface area contributed by atoms with Crippen LogP contribution in [-0.2, 0) is 6.54 Å². The summed E-state index contributed by atoms with van der Waals surface area (Å²) in [5.74, 6) is 0. The van der Waals surface area contributed by atoms with Gasteiger partial charge in [-0.05, 0) is 12.0 Å². The van der Waals surface area contributed by atoms with Gasteiger partial charge in [0.15, 0.2) is 0 Å². The van der Waals surface area contributed by atoms with Crippen molar-refractivity contribution >= 4 is 11.3 Å². The highest BCUT2D eigenvalue weighted by molar-refractivity contribution is 7.07. The summed E-state index contributed by atoms with van der Waals surface area (Å²) in [5.41, 5.74) is 4.50. The predicted molar refractivity (Wildman–Crippen MR) is 83.8 cm³/mol. The van der Waals surface area contributed by atoms with Crippen LogP contribution < -0.4 is 5.32 Å². The van der Waals surface area contributed by atoms with E-state index in [1.165, 1.54) is 17.7 Å². The molecule has 0 radical (unpaired) electrons. The van der Waals surface area contributed by atoms with Crippen molar-refractivity contribution in [1.82, 2.24) is 15.2 Å². The lowest BCUT2D eigenvalue weighted by atomic mass is 10.0. The molecule has 1 saturated heterocycles. The van der Waals surface area contributed by atoms with Gasteiger partial charge in [0.2, 0.25) is 0 Å². The number of thiazole rings is 1. The summed E-state index contributed by atoms with van der Waals surface area (Å²) >= 11 is 1.68. The van der Waals surface area contributed by atoms with Gasteiger partial charge in [-0.25, -0.2) is 4.98 Å². The predicted octanol–water partition coefficient (Wildman–Crippen LogP) is 3.07. The van der Waals surface area contributed by atoms with Crippen molar-refractivity contribution in [2.24, 2.45) is 0 Å². The highest BCUT2D eigenvalue weighted by Gasteiger charge is 2.27. The summed E-state index contributed by atoms with van der Waals surface area (Å²) in [5, 5.41) is 5.85. The van der Waals surface area contributed by atoms with Gasteiger partial charge in [0.1, 0.15) is 0 Å². The Bertz CT molecular complexity index is 512. The zero-order valence-electron chi connectivity index (χ0n) is 11.8. The SMILES string of the molecule is CCC1CNC(c2ccccc2)CN1Cc1cscn1. The second kappa shape index (κ2) is 6.48. The normalized spacial score (nSPS) is 23.9. The van der Waals surface area contributed by atoms with Crippen LogP contribution in [0.4, 0.5) is 0 Å². The molecule has 1 aromatic carbocycles. The lowest BCUT2D eigenvalue weighted by Crippen LogP contribution is -2.51. The summed E-state index contributed by atoms with van der Waals surface area (Å²) in [4.78, 5) is 7.01. The molecule has 0 bridgehead atoms. The standard InChI is InChI=1S/C16H21N3S/c1-2-15-8-17-16(13-6-4-3-5-7-13)10-19(15)9-14-11-20-12-18-14/h3-7,11-12,15-17H,2,8-10H2,1H3. The molecule has 2 aromatic rings. The van der Waals surface area contributed by atoms with Gasteiger partial charge < -0.3 is 5.32 Å². The summed E-state index contributed by atoms with van der Waals surface area (Å²) in [6, 6.07) is 11.8. The van der Waals surface area contributed by atoms with Crippen molar-refractivity contribution in [3.63, 3.8) is 0 Å². The Balaban J connectivity index is 1.72. The molecule has 3 rings (SSSR count). The van der Waals surface area contributed by atoms with Crippen molar-refractivity contribution in [2.75, 3.05) is 13.1 Å². The Morgan fingerprint density at radius 3 is 2.90 bits per heavy atom. The first-order valence-electron chi connectivity index (χ1n) is 7.26. The number of hydrogen-bond donors (Lipinski definition) is 1. The molecule has 0 spiro atoms. The molecule has 1 aliphatic rings. The average molecular weight is 287 g/mol. The fourth-order valence-electron chi connectivity index (χ4n) is 2.88. The molecule has 0 amide bonds. The van der Waals surface area contributed by atoms with Crippen LogP contribution in [0.3, 0.4) is 0 Å². The summed E-state index contributed by atoms with van der Waals surface area (Å²) < 4.78 is 0. The van der Waals surface area contributed by atoms with E-state index in [-0.39, 0.29) is 0 Å². The minimum absolute atomic E-state index is 0.428. The van der Waals surface area contributed by atoms with E-state index in [9.17, 15) is 0 Å². The number of nitrogens with zero attached hydrogens (tertiary/aromatic N) is 2. The van der Waals surface area contributed by atoms with Gasteiger partial charge in [0, 0.05) is 37.1 Å². The fourth-order valence-corrected chi connectivity index (χ4v) is 3.43. The maximum absolute atomic E-state index is 4.43. The summed E-state index contributed by atoms with van der Waals surface area (Å²) in [6.45, 7) is 5.34. The van der Waals surface area contributed by atoms with Gasteiger partial charge in [-0.1, -0.05) is 37.3 Å². The minimum atomic E-state index is 0.428. The maximum atomic E-state index is 4.43. The van der Waals surface area contributed by atoms with E-state index in [4.69, 9.17) is 0 Å². The van der Waals surface area contributed by atoms with Crippen LogP contribution >= 0.6 is 11.3 Å². The molecule has 2 heterocycles. The Labute approximate surface area is 124 Å². The van der Waals surface area contributed by atoms with Crippen molar-refractivity contribution in [3.8, 4) is 0 Å². The molecule has 2 unspecified atom stereocenters. The van der Waals surface area contributed by atoms with E-state index in [1.54, 1.807) is 11.3 Å². The van der Waals surface area contributed by atoms with Crippen LogP contribution in [0.2, 0.25) is 0 Å². The quantitative estimate of drug-likeness (QED) is 0.936. The molecule has 1 aliphatic heterocycles. The zero-order chi connectivity index (χ0) is 13.8. The molecule has 3 nitrogen and oxygen atoms in total. The minimum Gasteiger partial charge on any atom is -0.307 e. The number of aromatic nitrogens is 1. The highest BCUT2D eigenvalue weighted by Crippen LogP contribution is 2.22. The maximum Gasteiger partial charge on any atom is 0.0795 e. The smallest absolute Gasteiger partial charge is 0.0795 e. The molecule has 1 fully saturated rings. The first-order chi connectivity index (χ1) is 9.86. The lowest BCUT2D eigenvalue weighted by molar-refractivity contribution is 0.118. The second-order valence-corrected chi connectivity index (χ2v) is 6.06. The monoisotopic (exact) mass is 287 g/mol. The zero-order valence-corrected chi connectivity index (χ0v) is 12.6. The highest BCUT2D eigenvalue weighted by atomic mass is 32.1.